The van der Waals surface area contributed by atoms with Gasteiger partial charge in [-0.15, -0.1) is 0 Å². The molecule has 5 nitrogen and oxygen atoms in total. The minimum atomic E-state index is 0.0815. The lowest BCUT2D eigenvalue weighted by atomic mass is 10.1. The summed E-state index contributed by atoms with van der Waals surface area (Å²) in [6.07, 6.45) is 8.13. The Morgan fingerprint density at radius 1 is 1.52 bits per heavy atom. The lowest BCUT2D eigenvalue weighted by molar-refractivity contribution is -0.121. The predicted octanol–water partition coefficient (Wildman–Crippen LogP) is 1.72. The molecule has 1 N–H and O–H groups in total. The van der Waals surface area contributed by atoms with Crippen LogP contribution in [0.4, 0.5) is 0 Å². The molecule has 1 saturated heterocycles. The summed E-state index contributed by atoms with van der Waals surface area (Å²) >= 11 is 0. The molecule has 1 unspecified atom stereocenters. The lowest BCUT2D eigenvalue weighted by Crippen LogP contribution is -2.26. The van der Waals surface area contributed by atoms with Crippen LogP contribution in [0.15, 0.2) is 24.5 Å². The fourth-order valence-electron chi connectivity index (χ4n) is 2.28. The van der Waals surface area contributed by atoms with E-state index in [0.29, 0.717) is 26.2 Å². The van der Waals surface area contributed by atoms with Crippen molar-refractivity contribution in [1.82, 2.24) is 10.3 Å². The van der Waals surface area contributed by atoms with Crippen LogP contribution in [-0.4, -0.2) is 43.4 Å². The third-order valence-corrected chi connectivity index (χ3v) is 3.48. The quantitative estimate of drug-likeness (QED) is 0.704. The van der Waals surface area contributed by atoms with Crippen molar-refractivity contribution in [3.8, 4) is 0 Å². The fraction of sp³-hybridized carbons (Fsp3) is 0.625. The number of ether oxygens (including phenoxy) is 2. The van der Waals surface area contributed by atoms with Crippen molar-refractivity contribution in [3.63, 3.8) is 0 Å². The molecule has 0 saturated carbocycles. The molecule has 1 amide bonds. The Morgan fingerprint density at radius 3 is 3.24 bits per heavy atom. The summed E-state index contributed by atoms with van der Waals surface area (Å²) < 4.78 is 11.0. The molecule has 2 rings (SSSR count). The normalized spacial score (nSPS) is 17.8. The second kappa shape index (κ2) is 9.47. The number of carbonyl (C=O) groups excluding carboxylic acids is 1. The molecule has 116 valence electrons. The monoisotopic (exact) mass is 292 g/mol. The maximum Gasteiger partial charge on any atom is 0.220 e. The smallest absolute Gasteiger partial charge is 0.220 e. The van der Waals surface area contributed by atoms with Gasteiger partial charge in [0.25, 0.3) is 0 Å². The Balaban J connectivity index is 1.44. The first-order chi connectivity index (χ1) is 10.3. The summed E-state index contributed by atoms with van der Waals surface area (Å²) in [5.41, 5.74) is 1.09. The Labute approximate surface area is 126 Å². The van der Waals surface area contributed by atoms with Crippen molar-refractivity contribution in [2.45, 2.75) is 38.2 Å². The second-order valence-corrected chi connectivity index (χ2v) is 5.27. The van der Waals surface area contributed by atoms with Crippen molar-refractivity contribution in [1.29, 1.82) is 0 Å². The van der Waals surface area contributed by atoms with Gasteiger partial charge in [0.15, 0.2) is 0 Å². The molecule has 1 aromatic rings. The minimum absolute atomic E-state index is 0.0815. The molecule has 5 heteroatoms. The van der Waals surface area contributed by atoms with Gasteiger partial charge in [-0.25, -0.2) is 0 Å². The van der Waals surface area contributed by atoms with Gasteiger partial charge in [-0.3, -0.25) is 9.78 Å². The number of aryl methyl sites for hydroxylation is 1. The lowest BCUT2D eigenvalue weighted by Gasteiger charge is -2.10. The molecule has 1 atom stereocenters. The van der Waals surface area contributed by atoms with Crippen molar-refractivity contribution in [2.75, 3.05) is 26.4 Å². The molecular formula is C16H24N2O3. The summed E-state index contributed by atoms with van der Waals surface area (Å²) in [6.45, 7) is 2.87. The maximum absolute atomic E-state index is 11.7. The standard InChI is InChI=1S/C16H24N2O3/c19-16(7-6-14-4-1-8-17-12-14)18-9-3-10-20-13-15-5-2-11-21-15/h1,4,8,12,15H,2-3,5-7,9-11,13H2,(H,18,19). The predicted molar refractivity (Wildman–Crippen MR) is 80.0 cm³/mol. The van der Waals surface area contributed by atoms with Crippen molar-refractivity contribution >= 4 is 5.91 Å². The molecule has 0 spiro atoms. The molecule has 0 bridgehead atoms. The van der Waals surface area contributed by atoms with Crippen LogP contribution in [0.5, 0.6) is 0 Å². The van der Waals surface area contributed by atoms with E-state index in [-0.39, 0.29) is 12.0 Å². The number of carbonyl (C=O) groups is 1. The number of amides is 1. The first kappa shape index (κ1) is 15.9. The maximum atomic E-state index is 11.7. The van der Waals surface area contributed by atoms with Gasteiger partial charge in [-0.1, -0.05) is 6.07 Å². The van der Waals surface area contributed by atoms with Gasteiger partial charge in [0.1, 0.15) is 0 Å². The number of nitrogens with zero attached hydrogens (tertiary/aromatic N) is 1. The number of rotatable bonds is 9. The Bertz CT molecular complexity index is 405. The zero-order valence-electron chi connectivity index (χ0n) is 12.4. The number of hydrogen-bond donors (Lipinski definition) is 1. The molecule has 1 aliphatic rings. The molecule has 1 aliphatic heterocycles. The van der Waals surface area contributed by atoms with E-state index in [4.69, 9.17) is 9.47 Å². The molecular weight excluding hydrogens is 268 g/mol. The highest BCUT2D eigenvalue weighted by molar-refractivity contribution is 5.76. The van der Waals surface area contributed by atoms with Crippen LogP contribution < -0.4 is 5.32 Å². The van der Waals surface area contributed by atoms with Crippen molar-refractivity contribution < 1.29 is 14.3 Å². The highest BCUT2D eigenvalue weighted by Crippen LogP contribution is 2.11. The van der Waals surface area contributed by atoms with E-state index in [1.165, 1.54) is 0 Å². The van der Waals surface area contributed by atoms with Gasteiger partial charge in [0, 0.05) is 38.6 Å². The highest BCUT2D eigenvalue weighted by Gasteiger charge is 2.14. The minimum Gasteiger partial charge on any atom is -0.379 e. The summed E-state index contributed by atoms with van der Waals surface area (Å²) in [4.78, 5) is 15.7. The van der Waals surface area contributed by atoms with Crippen LogP contribution in [0.2, 0.25) is 0 Å². The molecule has 0 aromatic carbocycles. The third-order valence-electron chi connectivity index (χ3n) is 3.48. The zero-order valence-corrected chi connectivity index (χ0v) is 12.4. The van der Waals surface area contributed by atoms with Gasteiger partial charge < -0.3 is 14.8 Å². The van der Waals surface area contributed by atoms with Gasteiger partial charge in [-0.2, -0.15) is 0 Å². The van der Waals surface area contributed by atoms with E-state index in [2.05, 4.69) is 10.3 Å². The van der Waals surface area contributed by atoms with Crippen LogP contribution >= 0.6 is 0 Å². The zero-order chi connectivity index (χ0) is 14.8. The van der Waals surface area contributed by atoms with Gasteiger partial charge in [0.2, 0.25) is 5.91 Å². The largest absolute Gasteiger partial charge is 0.379 e. The average Bonchev–Trinajstić information content (AvgIpc) is 3.03. The Kier molecular flexibility index (Phi) is 7.18. The SMILES string of the molecule is O=C(CCc1cccnc1)NCCCOCC1CCCO1. The van der Waals surface area contributed by atoms with Gasteiger partial charge >= 0.3 is 0 Å². The average molecular weight is 292 g/mol. The summed E-state index contributed by atoms with van der Waals surface area (Å²) in [5.74, 6) is 0.0815. The van der Waals surface area contributed by atoms with Gasteiger partial charge in [0.05, 0.1) is 12.7 Å². The summed E-state index contributed by atoms with van der Waals surface area (Å²) in [5, 5.41) is 2.91. The van der Waals surface area contributed by atoms with E-state index in [1.54, 1.807) is 12.4 Å². The van der Waals surface area contributed by atoms with Gasteiger partial charge in [-0.05, 0) is 37.3 Å². The Hall–Kier alpha value is -1.46. The highest BCUT2D eigenvalue weighted by atomic mass is 16.5. The van der Waals surface area contributed by atoms with E-state index >= 15 is 0 Å². The molecule has 0 aliphatic carbocycles. The number of pyridine rings is 1. The van der Waals surface area contributed by atoms with Crippen LogP contribution in [-0.2, 0) is 20.7 Å². The fourth-order valence-corrected chi connectivity index (χ4v) is 2.28. The first-order valence-corrected chi connectivity index (χ1v) is 7.69. The topological polar surface area (TPSA) is 60.5 Å². The summed E-state index contributed by atoms with van der Waals surface area (Å²) in [7, 11) is 0. The number of aromatic nitrogens is 1. The molecule has 0 radical (unpaired) electrons. The van der Waals surface area contributed by atoms with Crippen molar-refractivity contribution in [2.24, 2.45) is 0 Å². The van der Waals surface area contributed by atoms with E-state index in [0.717, 1.165) is 37.9 Å². The van der Waals surface area contributed by atoms with E-state index in [9.17, 15) is 4.79 Å². The van der Waals surface area contributed by atoms with E-state index in [1.807, 2.05) is 12.1 Å². The molecule has 21 heavy (non-hydrogen) atoms. The van der Waals surface area contributed by atoms with Crippen LogP contribution in [0.3, 0.4) is 0 Å². The van der Waals surface area contributed by atoms with Crippen LogP contribution in [0.1, 0.15) is 31.2 Å². The first-order valence-electron chi connectivity index (χ1n) is 7.69. The second-order valence-electron chi connectivity index (χ2n) is 5.27. The summed E-state index contributed by atoms with van der Waals surface area (Å²) in [6, 6.07) is 3.87. The molecule has 1 fully saturated rings. The molecule has 2 heterocycles. The van der Waals surface area contributed by atoms with Crippen LogP contribution in [0.25, 0.3) is 0 Å². The van der Waals surface area contributed by atoms with E-state index < -0.39 is 0 Å². The number of hydrogen-bond acceptors (Lipinski definition) is 4. The third kappa shape index (κ3) is 6.69. The number of nitrogens with one attached hydrogen (secondary N) is 1. The van der Waals surface area contributed by atoms with Crippen LogP contribution in [0, 0.1) is 0 Å². The molecule has 1 aromatic heterocycles. The Morgan fingerprint density at radius 2 is 2.48 bits per heavy atom. The van der Waals surface area contributed by atoms with Crippen molar-refractivity contribution in [3.05, 3.63) is 30.1 Å².